The van der Waals surface area contributed by atoms with Crippen LogP contribution in [0.2, 0.25) is 0 Å². The Labute approximate surface area is 122 Å². The van der Waals surface area contributed by atoms with Crippen LogP contribution in [0, 0.1) is 0 Å². The number of hydrogen-bond donors (Lipinski definition) is 1. The van der Waals surface area contributed by atoms with Crippen LogP contribution >= 0.6 is 15.9 Å². The molecule has 1 aromatic carbocycles. The number of sulfonamides is 1. The lowest BCUT2D eigenvalue weighted by Crippen LogP contribution is -2.41. The summed E-state index contributed by atoms with van der Waals surface area (Å²) >= 11 is 3.26. The molecule has 0 aliphatic carbocycles. The van der Waals surface area contributed by atoms with E-state index in [9.17, 15) is 8.42 Å². The summed E-state index contributed by atoms with van der Waals surface area (Å²) in [5.41, 5.74) is 6.04. The van der Waals surface area contributed by atoms with Crippen molar-refractivity contribution in [3.63, 3.8) is 0 Å². The molecule has 1 rings (SSSR count). The number of benzene rings is 1. The SMILES string of the molecule is CCN(C(C)COC)S(=O)(=O)c1ccc(Br)cc1N. The highest BCUT2D eigenvalue weighted by Gasteiger charge is 2.29. The predicted molar refractivity (Wildman–Crippen MR) is 79.5 cm³/mol. The van der Waals surface area contributed by atoms with Crippen molar-refractivity contribution in [1.29, 1.82) is 0 Å². The average Bonchev–Trinajstić information content (AvgIpc) is 2.28. The van der Waals surface area contributed by atoms with E-state index >= 15 is 0 Å². The van der Waals surface area contributed by atoms with E-state index in [0.29, 0.717) is 13.2 Å². The van der Waals surface area contributed by atoms with Crippen LogP contribution in [0.5, 0.6) is 0 Å². The molecule has 0 spiro atoms. The van der Waals surface area contributed by atoms with Crippen molar-refractivity contribution in [2.45, 2.75) is 24.8 Å². The van der Waals surface area contributed by atoms with Gasteiger partial charge in [-0.05, 0) is 25.1 Å². The van der Waals surface area contributed by atoms with Crippen molar-refractivity contribution >= 4 is 31.6 Å². The molecule has 1 atom stereocenters. The van der Waals surface area contributed by atoms with E-state index in [1.807, 2.05) is 0 Å². The molecule has 5 nitrogen and oxygen atoms in total. The Morgan fingerprint density at radius 1 is 1.47 bits per heavy atom. The third-order valence-electron chi connectivity index (χ3n) is 2.77. The van der Waals surface area contributed by atoms with E-state index in [0.717, 1.165) is 4.47 Å². The zero-order valence-electron chi connectivity index (χ0n) is 11.3. The number of ether oxygens (including phenoxy) is 1. The lowest BCUT2D eigenvalue weighted by molar-refractivity contribution is 0.142. The summed E-state index contributed by atoms with van der Waals surface area (Å²) < 4.78 is 32.3. The first-order valence-electron chi connectivity index (χ1n) is 5.90. The van der Waals surface area contributed by atoms with Gasteiger partial charge in [-0.3, -0.25) is 0 Å². The number of nitrogens with two attached hydrogens (primary N) is 1. The highest BCUT2D eigenvalue weighted by Crippen LogP contribution is 2.26. The number of methoxy groups -OCH3 is 1. The molecular formula is C12H19BrN2O3S. The molecule has 0 radical (unpaired) electrons. The lowest BCUT2D eigenvalue weighted by Gasteiger charge is -2.27. The highest BCUT2D eigenvalue weighted by atomic mass is 79.9. The summed E-state index contributed by atoms with van der Waals surface area (Å²) in [7, 11) is -2.07. The second kappa shape index (κ2) is 6.69. The smallest absolute Gasteiger partial charge is 0.245 e. The topological polar surface area (TPSA) is 72.6 Å². The molecule has 0 heterocycles. The summed E-state index contributed by atoms with van der Waals surface area (Å²) in [5, 5.41) is 0. The third kappa shape index (κ3) is 3.68. The van der Waals surface area contributed by atoms with Gasteiger partial charge in [0.15, 0.2) is 0 Å². The number of rotatable bonds is 6. The number of nitrogen functional groups attached to an aromatic ring is 1. The zero-order chi connectivity index (χ0) is 14.6. The van der Waals surface area contributed by atoms with Crippen LogP contribution in [0.25, 0.3) is 0 Å². The summed E-state index contributed by atoms with van der Waals surface area (Å²) in [5.74, 6) is 0. The van der Waals surface area contributed by atoms with Crippen molar-refractivity contribution in [1.82, 2.24) is 4.31 Å². The minimum absolute atomic E-state index is 0.125. The van der Waals surface area contributed by atoms with Crippen molar-refractivity contribution < 1.29 is 13.2 Å². The predicted octanol–water partition coefficient (Wildman–Crippen LogP) is 2.08. The quantitative estimate of drug-likeness (QED) is 0.797. The molecule has 0 fully saturated rings. The van der Waals surface area contributed by atoms with Crippen molar-refractivity contribution in [2.75, 3.05) is 26.0 Å². The molecule has 2 N–H and O–H groups in total. The monoisotopic (exact) mass is 350 g/mol. The Kier molecular flexibility index (Phi) is 5.79. The van der Waals surface area contributed by atoms with Gasteiger partial charge in [-0.25, -0.2) is 8.42 Å². The maximum atomic E-state index is 12.6. The molecule has 108 valence electrons. The lowest BCUT2D eigenvalue weighted by atomic mass is 10.3. The van der Waals surface area contributed by atoms with Crippen molar-refractivity contribution in [3.8, 4) is 0 Å². The number of likely N-dealkylation sites (N-methyl/N-ethyl adjacent to an activating group) is 1. The van der Waals surface area contributed by atoms with Gasteiger partial charge in [0.1, 0.15) is 4.90 Å². The first-order chi connectivity index (χ1) is 8.84. The number of hydrogen-bond acceptors (Lipinski definition) is 4. The maximum Gasteiger partial charge on any atom is 0.245 e. The summed E-state index contributed by atoms with van der Waals surface area (Å²) in [4.78, 5) is 0.125. The van der Waals surface area contributed by atoms with E-state index in [-0.39, 0.29) is 16.6 Å². The van der Waals surface area contributed by atoms with Crippen molar-refractivity contribution in [2.24, 2.45) is 0 Å². The second-order valence-electron chi connectivity index (χ2n) is 4.19. The molecule has 0 aliphatic rings. The first-order valence-corrected chi connectivity index (χ1v) is 8.13. The van der Waals surface area contributed by atoms with Gasteiger partial charge in [-0.15, -0.1) is 0 Å². The molecule has 0 amide bonds. The molecule has 1 unspecified atom stereocenters. The molecule has 0 saturated carbocycles. The number of halogens is 1. The van der Waals surface area contributed by atoms with Gasteiger partial charge in [0.2, 0.25) is 10.0 Å². The summed E-state index contributed by atoms with van der Waals surface area (Å²) in [6, 6.07) is 4.51. The van der Waals surface area contributed by atoms with Gasteiger partial charge in [-0.2, -0.15) is 4.31 Å². The zero-order valence-corrected chi connectivity index (χ0v) is 13.7. The molecular weight excluding hydrogens is 332 g/mol. The van der Waals surface area contributed by atoms with Crippen LogP contribution < -0.4 is 5.73 Å². The largest absolute Gasteiger partial charge is 0.398 e. The minimum Gasteiger partial charge on any atom is -0.398 e. The van der Waals surface area contributed by atoms with E-state index in [1.54, 1.807) is 33.1 Å². The van der Waals surface area contributed by atoms with Crippen LogP contribution in [0.4, 0.5) is 5.69 Å². The maximum absolute atomic E-state index is 12.6. The van der Waals surface area contributed by atoms with Crippen LogP contribution in [0.15, 0.2) is 27.6 Å². The molecule has 0 saturated heterocycles. The van der Waals surface area contributed by atoms with Gasteiger partial charge in [0.05, 0.1) is 12.3 Å². The second-order valence-corrected chi connectivity index (χ2v) is 6.97. The van der Waals surface area contributed by atoms with Crippen LogP contribution in [0.3, 0.4) is 0 Å². The van der Waals surface area contributed by atoms with Crippen LogP contribution in [-0.2, 0) is 14.8 Å². The standard InChI is InChI=1S/C12H19BrN2O3S/c1-4-15(9(2)8-18-3)19(16,17)12-6-5-10(13)7-11(12)14/h5-7,9H,4,8,14H2,1-3H3. The Morgan fingerprint density at radius 3 is 2.58 bits per heavy atom. The Hall–Kier alpha value is -0.630. The van der Waals surface area contributed by atoms with Gasteiger partial charge in [-0.1, -0.05) is 22.9 Å². The molecule has 0 aromatic heterocycles. The molecule has 0 bridgehead atoms. The highest BCUT2D eigenvalue weighted by molar-refractivity contribution is 9.10. The Morgan fingerprint density at radius 2 is 2.11 bits per heavy atom. The average molecular weight is 351 g/mol. The van der Waals surface area contributed by atoms with Gasteiger partial charge >= 0.3 is 0 Å². The van der Waals surface area contributed by atoms with E-state index in [4.69, 9.17) is 10.5 Å². The van der Waals surface area contributed by atoms with Crippen LogP contribution in [0.1, 0.15) is 13.8 Å². The molecule has 0 aliphatic heterocycles. The fraction of sp³-hybridized carbons (Fsp3) is 0.500. The first kappa shape index (κ1) is 16.4. The third-order valence-corrected chi connectivity index (χ3v) is 5.43. The van der Waals surface area contributed by atoms with E-state index < -0.39 is 10.0 Å². The molecule has 1 aromatic rings. The fourth-order valence-electron chi connectivity index (χ4n) is 1.92. The Bertz CT molecular complexity index is 534. The van der Waals surface area contributed by atoms with E-state index in [2.05, 4.69) is 15.9 Å². The molecule has 7 heteroatoms. The van der Waals surface area contributed by atoms with Gasteiger partial charge in [0, 0.05) is 24.2 Å². The summed E-state index contributed by atoms with van der Waals surface area (Å²) in [6.45, 7) is 4.30. The van der Waals surface area contributed by atoms with Gasteiger partial charge < -0.3 is 10.5 Å². The fourth-order valence-corrected chi connectivity index (χ4v) is 4.03. The Balaban J connectivity index is 3.20. The van der Waals surface area contributed by atoms with Crippen molar-refractivity contribution in [3.05, 3.63) is 22.7 Å². The minimum atomic E-state index is -3.61. The van der Waals surface area contributed by atoms with Crippen LogP contribution in [-0.4, -0.2) is 39.0 Å². The number of anilines is 1. The molecule has 19 heavy (non-hydrogen) atoms. The van der Waals surface area contributed by atoms with E-state index in [1.165, 1.54) is 10.4 Å². The van der Waals surface area contributed by atoms with Gasteiger partial charge in [0.25, 0.3) is 0 Å². The number of nitrogens with zero attached hydrogens (tertiary/aromatic N) is 1. The summed E-state index contributed by atoms with van der Waals surface area (Å²) in [6.07, 6.45) is 0. The normalized spacial score (nSPS) is 13.7.